The highest BCUT2D eigenvalue weighted by atomic mass is 35.5. The molecule has 3 N–H and O–H groups in total. The van der Waals surface area contributed by atoms with Crippen LogP contribution in [0.1, 0.15) is 10.4 Å². The van der Waals surface area contributed by atoms with E-state index in [1.54, 1.807) is 12.1 Å². The zero-order chi connectivity index (χ0) is 13.1. The van der Waals surface area contributed by atoms with Crippen molar-refractivity contribution in [3.05, 3.63) is 46.3 Å². The van der Waals surface area contributed by atoms with Crippen LogP contribution in [0.5, 0.6) is 0 Å². The number of amides is 1. The van der Waals surface area contributed by atoms with Crippen molar-refractivity contribution in [1.29, 1.82) is 0 Å². The minimum atomic E-state index is -0.447. The minimum Gasteiger partial charge on any atom is -0.397 e. The maximum Gasteiger partial charge on any atom is 0.259 e. The van der Waals surface area contributed by atoms with Gasteiger partial charge in [0.25, 0.3) is 5.91 Å². The van der Waals surface area contributed by atoms with E-state index in [1.807, 2.05) is 0 Å². The molecule has 0 spiro atoms. The van der Waals surface area contributed by atoms with Gasteiger partial charge in [-0.3, -0.25) is 4.79 Å². The summed E-state index contributed by atoms with van der Waals surface area (Å²) in [7, 11) is 0. The summed E-state index contributed by atoms with van der Waals surface area (Å²) in [5.41, 5.74) is 6.09. The Morgan fingerprint density at radius 1 is 1.33 bits per heavy atom. The first kappa shape index (κ1) is 12.6. The van der Waals surface area contributed by atoms with Crippen molar-refractivity contribution in [1.82, 2.24) is 9.97 Å². The molecular formula is C11H8Cl2N4O. The Bertz CT molecular complexity index is 603. The predicted molar refractivity (Wildman–Crippen MR) is 70.9 cm³/mol. The summed E-state index contributed by atoms with van der Waals surface area (Å²) in [5.74, 6) is -0.186. The van der Waals surface area contributed by atoms with Gasteiger partial charge >= 0.3 is 0 Å². The Balaban J connectivity index is 2.28. The summed E-state index contributed by atoms with van der Waals surface area (Å²) in [6, 6.07) is 4.66. The Labute approximate surface area is 113 Å². The largest absolute Gasteiger partial charge is 0.397 e. The summed E-state index contributed by atoms with van der Waals surface area (Å²) in [6.07, 6.45) is 2.83. The van der Waals surface area contributed by atoms with E-state index in [0.717, 1.165) is 0 Å². The van der Waals surface area contributed by atoms with E-state index in [4.69, 9.17) is 28.9 Å². The van der Waals surface area contributed by atoms with Crippen molar-refractivity contribution < 1.29 is 4.79 Å². The number of hydrogen-bond acceptors (Lipinski definition) is 4. The van der Waals surface area contributed by atoms with Gasteiger partial charge in [0.05, 0.1) is 22.5 Å². The van der Waals surface area contributed by atoms with E-state index >= 15 is 0 Å². The van der Waals surface area contributed by atoms with Crippen LogP contribution in [0.3, 0.4) is 0 Å². The lowest BCUT2D eigenvalue weighted by Crippen LogP contribution is -2.15. The lowest BCUT2D eigenvalue weighted by molar-refractivity contribution is 0.102. The van der Waals surface area contributed by atoms with Gasteiger partial charge in [-0.15, -0.1) is 0 Å². The Kier molecular flexibility index (Phi) is 3.64. The van der Waals surface area contributed by atoms with Crippen LogP contribution in [0, 0.1) is 0 Å². The Morgan fingerprint density at radius 2 is 2.11 bits per heavy atom. The molecule has 0 bridgehead atoms. The maximum absolute atomic E-state index is 12.0. The number of pyridine rings is 2. The molecule has 2 aromatic heterocycles. The van der Waals surface area contributed by atoms with Crippen LogP contribution in [0.25, 0.3) is 0 Å². The number of nitrogen functional groups attached to an aromatic ring is 1. The van der Waals surface area contributed by atoms with Crippen molar-refractivity contribution in [3.63, 3.8) is 0 Å². The lowest BCUT2D eigenvalue weighted by Gasteiger charge is -2.07. The second kappa shape index (κ2) is 5.20. The monoisotopic (exact) mass is 282 g/mol. The van der Waals surface area contributed by atoms with Gasteiger partial charge in [-0.1, -0.05) is 23.2 Å². The molecule has 0 aliphatic heterocycles. The third-order valence-electron chi connectivity index (χ3n) is 2.14. The van der Waals surface area contributed by atoms with Crippen molar-refractivity contribution in [2.24, 2.45) is 0 Å². The molecule has 0 saturated heterocycles. The van der Waals surface area contributed by atoms with Gasteiger partial charge in [-0.2, -0.15) is 0 Å². The number of aromatic nitrogens is 2. The molecule has 2 rings (SSSR count). The van der Waals surface area contributed by atoms with Crippen molar-refractivity contribution >= 4 is 40.6 Å². The molecule has 0 fully saturated rings. The smallest absolute Gasteiger partial charge is 0.259 e. The van der Waals surface area contributed by atoms with E-state index < -0.39 is 5.91 Å². The Hall–Kier alpha value is -1.85. The highest BCUT2D eigenvalue weighted by molar-refractivity contribution is 6.33. The minimum absolute atomic E-state index is 0.182. The standard InChI is InChI=1S/C11H8Cl2N4O/c12-7-2-1-3-15-10(7)17-11(18)6-4-9(13)16-5-8(6)14/h1-5H,14H2,(H,15,17,18). The molecule has 18 heavy (non-hydrogen) atoms. The fraction of sp³-hybridized carbons (Fsp3) is 0. The number of nitrogens with one attached hydrogen (secondary N) is 1. The normalized spacial score (nSPS) is 10.1. The molecule has 0 radical (unpaired) electrons. The van der Waals surface area contributed by atoms with Crippen LogP contribution in [-0.2, 0) is 0 Å². The van der Waals surface area contributed by atoms with Crippen LogP contribution >= 0.6 is 23.2 Å². The number of carbonyl (C=O) groups is 1. The van der Waals surface area contributed by atoms with E-state index in [9.17, 15) is 4.79 Å². The first-order valence-corrected chi connectivity index (χ1v) is 5.66. The molecule has 0 atom stereocenters. The number of rotatable bonds is 2. The summed E-state index contributed by atoms with van der Waals surface area (Å²) in [4.78, 5) is 19.7. The van der Waals surface area contributed by atoms with E-state index in [0.29, 0.717) is 5.02 Å². The quantitative estimate of drug-likeness (QED) is 0.830. The average Bonchev–Trinajstić information content (AvgIpc) is 2.35. The first-order chi connectivity index (χ1) is 8.58. The zero-order valence-corrected chi connectivity index (χ0v) is 10.5. The molecule has 0 unspecified atom stereocenters. The summed E-state index contributed by atoms with van der Waals surface area (Å²) in [5, 5.41) is 3.07. The molecule has 2 heterocycles. The van der Waals surface area contributed by atoms with Crippen LogP contribution in [0.4, 0.5) is 11.5 Å². The van der Waals surface area contributed by atoms with E-state index in [2.05, 4.69) is 15.3 Å². The van der Waals surface area contributed by atoms with Crippen LogP contribution in [0.2, 0.25) is 10.2 Å². The maximum atomic E-state index is 12.0. The Morgan fingerprint density at radius 3 is 2.83 bits per heavy atom. The van der Waals surface area contributed by atoms with Crippen molar-refractivity contribution in [3.8, 4) is 0 Å². The van der Waals surface area contributed by atoms with Gasteiger partial charge in [-0.05, 0) is 18.2 Å². The average molecular weight is 283 g/mol. The van der Waals surface area contributed by atoms with Gasteiger partial charge in [0.2, 0.25) is 0 Å². The van der Waals surface area contributed by atoms with E-state index in [1.165, 1.54) is 18.5 Å². The van der Waals surface area contributed by atoms with Crippen LogP contribution in [0.15, 0.2) is 30.6 Å². The SMILES string of the molecule is Nc1cnc(Cl)cc1C(=O)Nc1ncccc1Cl. The fourth-order valence-electron chi connectivity index (χ4n) is 1.29. The van der Waals surface area contributed by atoms with Gasteiger partial charge in [-0.25, -0.2) is 9.97 Å². The summed E-state index contributed by atoms with van der Waals surface area (Å²) in [6.45, 7) is 0. The predicted octanol–water partition coefficient (Wildman–Crippen LogP) is 2.62. The molecule has 0 aliphatic carbocycles. The molecule has 7 heteroatoms. The fourth-order valence-corrected chi connectivity index (χ4v) is 1.62. The molecule has 5 nitrogen and oxygen atoms in total. The molecule has 0 saturated carbocycles. The number of nitrogens with zero attached hydrogens (tertiary/aromatic N) is 2. The second-order valence-corrected chi connectivity index (χ2v) is 4.18. The molecule has 2 aromatic rings. The molecule has 0 aromatic carbocycles. The number of nitrogens with two attached hydrogens (primary N) is 1. The summed E-state index contributed by atoms with van der Waals surface area (Å²) < 4.78 is 0. The first-order valence-electron chi connectivity index (χ1n) is 4.91. The molecular weight excluding hydrogens is 275 g/mol. The number of carbonyl (C=O) groups excluding carboxylic acids is 1. The molecule has 1 amide bonds. The second-order valence-electron chi connectivity index (χ2n) is 3.38. The highest BCUT2D eigenvalue weighted by Crippen LogP contribution is 2.20. The number of hydrogen-bond donors (Lipinski definition) is 2. The van der Waals surface area contributed by atoms with Crippen molar-refractivity contribution in [2.75, 3.05) is 11.1 Å². The topological polar surface area (TPSA) is 80.9 Å². The summed E-state index contributed by atoms with van der Waals surface area (Å²) >= 11 is 11.6. The van der Waals surface area contributed by atoms with Crippen LogP contribution < -0.4 is 11.1 Å². The lowest BCUT2D eigenvalue weighted by atomic mass is 10.2. The number of anilines is 2. The zero-order valence-electron chi connectivity index (χ0n) is 9.02. The van der Waals surface area contributed by atoms with Crippen molar-refractivity contribution in [2.45, 2.75) is 0 Å². The highest BCUT2D eigenvalue weighted by Gasteiger charge is 2.13. The van der Waals surface area contributed by atoms with Gasteiger partial charge in [0.1, 0.15) is 5.15 Å². The van der Waals surface area contributed by atoms with E-state index in [-0.39, 0.29) is 22.2 Å². The molecule has 0 aliphatic rings. The van der Waals surface area contributed by atoms with Crippen LogP contribution in [-0.4, -0.2) is 15.9 Å². The third-order valence-corrected chi connectivity index (χ3v) is 2.65. The number of halogens is 2. The van der Waals surface area contributed by atoms with Gasteiger partial charge < -0.3 is 11.1 Å². The van der Waals surface area contributed by atoms with Gasteiger partial charge in [0, 0.05) is 6.20 Å². The third kappa shape index (κ3) is 2.69. The molecule has 92 valence electrons. The van der Waals surface area contributed by atoms with Gasteiger partial charge in [0.15, 0.2) is 5.82 Å².